The number of hydrogen-bond donors (Lipinski definition) is 2. The number of rotatable bonds is 10. The van der Waals surface area contributed by atoms with Gasteiger partial charge in [0.05, 0.1) is 6.61 Å². The largest absolute Gasteiger partial charge is 0.381 e. The highest BCUT2D eigenvalue weighted by atomic mass is 19.1. The first-order valence-corrected chi connectivity index (χ1v) is 9.08. The first-order chi connectivity index (χ1) is 12.8. The lowest BCUT2D eigenvalue weighted by molar-refractivity contribution is 0.133. The number of nitrogens with one attached hydrogen (secondary N) is 2. The Morgan fingerprint density at radius 3 is 2.54 bits per heavy atom. The third-order valence-electron chi connectivity index (χ3n) is 3.96. The van der Waals surface area contributed by atoms with E-state index in [2.05, 4.69) is 39.9 Å². The molecule has 0 aromatic heterocycles. The lowest BCUT2D eigenvalue weighted by Gasteiger charge is -2.12. The molecule has 0 amide bonds. The molecule has 2 rings (SSSR count). The smallest absolute Gasteiger partial charge is 0.191 e. The van der Waals surface area contributed by atoms with Crippen molar-refractivity contribution < 1.29 is 9.13 Å². The molecule has 2 N–H and O–H groups in total. The summed E-state index contributed by atoms with van der Waals surface area (Å²) < 4.78 is 18.8. The van der Waals surface area contributed by atoms with Gasteiger partial charge in [-0.15, -0.1) is 0 Å². The Morgan fingerprint density at radius 2 is 1.77 bits per heavy atom. The van der Waals surface area contributed by atoms with E-state index in [0.717, 1.165) is 50.5 Å². The molecule has 26 heavy (non-hydrogen) atoms. The second-order valence-corrected chi connectivity index (χ2v) is 6.04. The first kappa shape index (κ1) is 19.9. The minimum absolute atomic E-state index is 0.223. The second-order valence-electron chi connectivity index (χ2n) is 6.04. The number of aliphatic imine (C=N–C) groups is 1. The van der Waals surface area contributed by atoms with Gasteiger partial charge in [-0.05, 0) is 42.5 Å². The highest BCUT2D eigenvalue weighted by molar-refractivity contribution is 5.79. The van der Waals surface area contributed by atoms with Crippen LogP contribution in [-0.4, -0.2) is 32.8 Å². The molecule has 0 saturated carbocycles. The van der Waals surface area contributed by atoms with Crippen LogP contribution >= 0.6 is 0 Å². The molecule has 0 fully saturated rings. The fourth-order valence-corrected chi connectivity index (χ4v) is 2.53. The molecule has 0 aliphatic rings. The molecule has 0 radical (unpaired) electrons. The Bertz CT molecular complexity index is 661. The molecule has 140 valence electrons. The van der Waals surface area contributed by atoms with Crippen LogP contribution in [0.3, 0.4) is 0 Å². The number of nitrogens with zero attached hydrogens (tertiary/aromatic N) is 1. The van der Waals surface area contributed by atoms with Gasteiger partial charge in [-0.3, -0.25) is 4.99 Å². The van der Waals surface area contributed by atoms with Crippen molar-refractivity contribution >= 4 is 5.96 Å². The van der Waals surface area contributed by atoms with Gasteiger partial charge in [-0.2, -0.15) is 0 Å². The van der Waals surface area contributed by atoms with Gasteiger partial charge in [-0.25, -0.2) is 4.39 Å². The fraction of sp³-hybridized carbons (Fsp3) is 0.381. The Hall–Kier alpha value is -2.40. The quantitative estimate of drug-likeness (QED) is 0.388. The van der Waals surface area contributed by atoms with E-state index in [4.69, 9.17) is 4.74 Å². The van der Waals surface area contributed by atoms with Crippen molar-refractivity contribution in [1.82, 2.24) is 10.6 Å². The van der Waals surface area contributed by atoms with E-state index < -0.39 is 0 Å². The van der Waals surface area contributed by atoms with Crippen LogP contribution in [-0.2, 0) is 17.7 Å². The summed E-state index contributed by atoms with van der Waals surface area (Å²) in [7, 11) is 1.73. The molecule has 0 spiro atoms. The standard InChI is InChI=1S/C21H28FN3O/c1-23-21(25-17-19-10-7-11-20(22)16-19)24-13-5-6-14-26-15-12-18-8-3-2-4-9-18/h2-4,7-11,16H,5-6,12-15,17H2,1H3,(H2,23,24,25). The zero-order valence-corrected chi connectivity index (χ0v) is 15.4. The van der Waals surface area contributed by atoms with Crippen molar-refractivity contribution in [3.05, 3.63) is 71.5 Å². The number of ether oxygens (including phenoxy) is 1. The summed E-state index contributed by atoms with van der Waals surface area (Å²) >= 11 is 0. The maximum absolute atomic E-state index is 13.2. The maximum Gasteiger partial charge on any atom is 0.191 e. The van der Waals surface area contributed by atoms with Crippen LogP contribution in [0.5, 0.6) is 0 Å². The van der Waals surface area contributed by atoms with Crippen LogP contribution in [0.4, 0.5) is 4.39 Å². The van der Waals surface area contributed by atoms with Gasteiger partial charge in [0.1, 0.15) is 5.82 Å². The van der Waals surface area contributed by atoms with E-state index >= 15 is 0 Å². The molecule has 0 aliphatic heterocycles. The highest BCUT2D eigenvalue weighted by Crippen LogP contribution is 2.03. The average Bonchev–Trinajstić information content (AvgIpc) is 2.67. The van der Waals surface area contributed by atoms with Crippen molar-refractivity contribution in [3.8, 4) is 0 Å². The molecule has 0 bridgehead atoms. The number of benzene rings is 2. The van der Waals surface area contributed by atoms with Gasteiger partial charge < -0.3 is 15.4 Å². The molecule has 2 aromatic rings. The monoisotopic (exact) mass is 357 g/mol. The number of guanidine groups is 1. The molecular formula is C21H28FN3O. The summed E-state index contributed by atoms with van der Waals surface area (Å²) in [6.07, 6.45) is 2.96. The van der Waals surface area contributed by atoms with Gasteiger partial charge in [0.25, 0.3) is 0 Å². The number of unbranched alkanes of at least 4 members (excludes halogenated alkanes) is 1. The normalized spacial score (nSPS) is 11.4. The summed E-state index contributed by atoms with van der Waals surface area (Å²) in [5.41, 5.74) is 2.20. The van der Waals surface area contributed by atoms with Gasteiger partial charge in [0.15, 0.2) is 5.96 Å². The molecule has 0 atom stereocenters. The molecular weight excluding hydrogens is 329 g/mol. The summed E-state index contributed by atoms with van der Waals surface area (Å²) in [4.78, 5) is 4.18. The van der Waals surface area contributed by atoms with Crippen molar-refractivity contribution in [1.29, 1.82) is 0 Å². The Labute approximate surface area is 155 Å². The van der Waals surface area contributed by atoms with E-state index in [0.29, 0.717) is 6.54 Å². The fourth-order valence-electron chi connectivity index (χ4n) is 2.53. The molecule has 4 nitrogen and oxygen atoms in total. The predicted octanol–water partition coefficient (Wildman–Crippen LogP) is 3.53. The molecule has 5 heteroatoms. The maximum atomic E-state index is 13.2. The Kier molecular flexibility index (Phi) is 9.22. The third-order valence-corrected chi connectivity index (χ3v) is 3.96. The van der Waals surface area contributed by atoms with Crippen molar-refractivity contribution in [2.45, 2.75) is 25.8 Å². The average molecular weight is 357 g/mol. The van der Waals surface area contributed by atoms with E-state index in [9.17, 15) is 4.39 Å². The van der Waals surface area contributed by atoms with E-state index in [1.807, 2.05) is 12.1 Å². The lowest BCUT2D eigenvalue weighted by Crippen LogP contribution is -2.37. The molecule has 0 unspecified atom stereocenters. The topological polar surface area (TPSA) is 45.7 Å². The Morgan fingerprint density at radius 1 is 0.962 bits per heavy atom. The summed E-state index contributed by atoms with van der Waals surface area (Å²) in [6.45, 7) is 2.89. The minimum Gasteiger partial charge on any atom is -0.381 e. The number of halogens is 1. The summed E-state index contributed by atoms with van der Waals surface area (Å²) in [6, 6.07) is 16.9. The van der Waals surface area contributed by atoms with Gasteiger partial charge in [-0.1, -0.05) is 42.5 Å². The zero-order valence-electron chi connectivity index (χ0n) is 15.4. The third kappa shape index (κ3) is 8.12. The van der Waals surface area contributed by atoms with Gasteiger partial charge >= 0.3 is 0 Å². The van der Waals surface area contributed by atoms with Crippen LogP contribution < -0.4 is 10.6 Å². The van der Waals surface area contributed by atoms with Crippen molar-refractivity contribution in [2.24, 2.45) is 4.99 Å². The van der Waals surface area contributed by atoms with Crippen LogP contribution in [0.2, 0.25) is 0 Å². The van der Waals surface area contributed by atoms with Crippen molar-refractivity contribution in [3.63, 3.8) is 0 Å². The van der Waals surface area contributed by atoms with E-state index in [1.165, 1.54) is 17.7 Å². The zero-order chi connectivity index (χ0) is 18.5. The van der Waals surface area contributed by atoms with Crippen LogP contribution in [0, 0.1) is 5.82 Å². The van der Waals surface area contributed by atoms with Crippen molar-refractivity contribution in [2.75, 3.05) is 26.8 Å². The Balaban J connectivity index is 1.50. The summed E-state index contributed by atoms with van der Waals surface area (Å²) in [5, 5.41) is 6.44. The van der Waals surface area contributed by atoms with E-state index in [1.54, 1.807) is 13.1 Å². The molecule has 0 heterocycles. The van der Waals surface area contributed by atoms with E-state index in [-0.39, 0.29) is 5.82 Å². The lowest BCUT2D eigenvalue weighted by atomic mass is 10.2. The van der Waals surface area contributed by atoms with Gasteiger partial charge in [0, 0.05) is 26.7 Å². The SMILES string of the molecule is CN=C(NCCCCOCCc1ccccc1)NCc1cccc(F)c1. The summed E-state index contributed by atoms with van der Waals surface area (Å²) in [5.74, 6) is 0.499. The second kappa shape index (κ2) is 12.0. The highest BCUT2D eigenvalue weighted by Gasteiger charge is 1.99. The first-order valence-electron chi connectivity index (χ1n) is 9.08. The van der Waals surface area contributed by atoms with Gasteiger partial charge in [0.2, 0.25) is 0 Å². The molecule has 0 saturated heterocycles. The minimum atomic E-state index is -0.223. The molecule has 0 aliphatic carbocycles. The molecule has 2 aromatic carbocycles. The van der Waals surface area contributed by atoms with Crippen LogP contribution in [0.25, 0.3) is 0 Å². The van der Waals surface area contributed by atoms with Crippen LogP contribution in [0.1, 0.15) is 24.0 Å². The predicted molar refractivity (Wildman–Crippen MR) is 105 cm³/mol. The number of hydrogen-bond acceptors (Lipinski definition) is 2. The van der Waals surface area contributed by atoms with Crippen LogP contribution in [0.15, 0.2) is 59.6 Å².